The first-order valence-corrected chi connectivity index (χ1v) is 5.59. The Hall–Kier alpha value is -1.75. The minimum Gasteiger partial charge on any atom is -0.481 e. The number of rotatable bonds is 4. The Morgan fingerprint density at radius 2 is 2.29 bits per heavy atom. The highest BCUT2D eigenvalue weighted by Gasteiger charge is 2.08. The molecule has 0 bridgehead atoms. The lowest BCUT2D eigenvalue weighted by Gasteiger charge is -2.04. The summed E-state index contributed by atoms with van der Waals surface area (Å²) < 4.78 is 1.80. The summed E-state index contributed by atoms with van der Waals surface area (Å²) in [5.74, 6) is -0.427. The number of halogens is 1. The largest absolute Gasteiger partial charge is 0.481 e. The quantitative estimate of drug-likeness (QED) is 0.875. The maximum atomic E-state index is 10.4. The van der Waals surface area contributed by atoms with Gasteiger partial charge in [0, 0.05) is 18.0 Å². The number of carboxylic acid groups (broad SMARTS) is 1. The Labute approximate surface area is 103 Å². The van der Waals surface area contributed by atoms with Crippen molar-refractivity contribution < 1.29 is 9.90 Å². The topological polar surface area (TPSA) is 81.1 Å². The number of aryl methyl sites for hydroxylation is 1. The average molecular weight is 254 g/mol. The van der Waals surface area contributed by atoms with Gasteiger partial charge in [-0.1, -0.05) is 11.6 Å². The number of aromatic nitrogens is 2. The molecule has 17 heavy (non-hydrogen) atoms. The number of hydrogen-bond donors (Lipinski definition) is 2. The van der Waals surface area contributed by atoms with Crippen LogP contribution in [0.25, 0.3) is 11.0 Å². The van der Waals surface area contributed by atoms with Crippen molar-refractivity contribution in [3.63, 3.8) is 0 Å². The summed E-state index contributed by atoms with van der Waals surface area (Å²) in [6.45, 7) is 0.538. The predicted molar refractivity (Wildman–Crippen MR) is 66.0 cm³/mol. The summed E-state index contributed by atoms with van der Waals surface area (Å²) in [5, 5.41) is 9.19. The van der Waals surface area contributed by atoms with Crippen molar-refractivity contribution in [3.8, 4) is 0 Å². The zero-order valence-electron chi connectivity index (χ0n) is 9.06. The van der Waals surface area contributed by atoms with Crippen LogP contribution in [-0.2, 0) is 11.3 Å². The van der Waals surface area contributed by atoms with E-state index >= 15 is 0 Å². The number of nitrogens with two attached hydrogens (primary N) is 1. The first-order chi connectivity index (χ1) is 8.08. The number of imidazole rings is 1. The fourth-order valence-electron chi connectivity index (χ4n) is 1.74. The molecule has 6 heteroatoms. The van der Waals surface area contributed by atoms with Crippen LogP contribution in [0.2, 0.25) is 5.02 Å². The zero-order valence-corrected chi connectivity index (χ0v) is 9.81. The normalized spacial score (nSPS) is 10.9. The number of aliphatic carboxylic acids is 1. The average Bonchev–Trinajstić information content (AvgIpc) is 2.54. The molecule has 0 saturated carbocycles. The second-order valence-corrected chi connectivity index (χ2v) is 4.19. The van der Waals surface area contributed by atoms with Crippen molar-refractivity contribution in [1.82, 2.24) is 9.55 Å². The van der Waals surface area contributed by atoms with Crippen LogP contribution in [0.1, 0.15) is 12.8 Å². The van der Waals surface area contributed by atoms with E-state index in [4.69, 9.17) is 22.4 Å². The van der Waals surface area contributed by atoms with E-state index < -0.39 is 5.97 Å². The molecule has 0 atom stereocenters. The number of nitrogen functional groups attached to an aromatic ring is 1. The second-order valence-electron chi connectivity index (χ2n) is 3.75. The summed E-state index contributed by atoms with van der Waals surface area (Å²) in [6, 6.07) is 5.33. The van der Waals surface area contributed by atoms with Gasteiger partial charge in [-0.05, 0) is 24.6 Å². The molecular weight excluding hydrogens is 242 g/mol. The maximum Gasteiger partial charge on any atom is 0.303 e. The van der Waals surface area contributed by atoms with Crippen LogP contribution in [0.15, 0.2) is 18.2 Å². The predicted octanol–water partition coefficient (Wildman–Crippen LogP) is 2.14. The number of carbonyl (C=O) groups is 1. The van der Waals surface area contributed by atoms with E-state index in [2.05, 4.69) is 4.98 Å². The van der Waals surface area contributed by atoms with E-state index in [0.29, 0.717) is 23.9 Å². The standard InChI is InChI=1S/C11H12ClN3O2/c12-7-3-4-9-8(6-7)14-11(13)15(9)5-1-2-10(16)17/h3-4,6H,1-2,5H2,(H2,13,14)(H,16,17). The molecule has 0 spiro atoms. The Bertz CT molecular complexity index is 565. The van der Waals surface area contributed by atoms with Crippen LogP contribution < -0.4 is 5.73 Å². The van der Waals surface area contributed by atoms with Gasteiger partial charge in [0.05, 0.1) is 11.0 Å². The van der Waals surface area contributed by atoms with Crippen LogP contribution in [0, 0.1) is 0 Å². The molecule has 1 heterocycles. The molecule has 2 aromatic rings. The van der Waals surface area contributed by atoms with Crippen molar-refractivity contribution in [1.29, 1.82) is 0 Å². The fraction of sp³-hybridized carbons (Fsp3) is 0.273. The van der Waals surface area contributed by atoms with Crippen molar-refractivity contribution >= 4 is 34.6 Å². The molecule has 5 nitrogen and oxygen atoms in total. The van der Waals surface area contributed by atoms with Gasteiger partial charge >= 0.3 is 5.97 Å². The second kappa shape index (κ2) is 4.63. The van der Waals surface area contributed by atoms with Gasteiger partial charge in [-0.25, -0.2) is 4.98 Å². The molecule has 3 N–H and O–H groups in total. The van der Waals surface area contributed by atoms with E-state index in [1.807, 2.05) is 6.07 Å². The molecule has 2 rings (SSSR count). The van der Waals surface area contributed by atoms with E-state index in [9.17, 15) is 4.79 Å². The zero-order chi connectivity index (χ0) is 12.4. The summed E-state index contributed by atoms with van der Waals surface area (Å²) in [6.07, 6.45) is 0.639. The third-order valence-corrected chi connectivity index (χ3v) is 2.75. The molecule has 0 fully saturated rings. The highest BCUT2D eigenvalue weighted by atomic mass is 35.5. The molecular formula is C11H12ClN3O2. The monoisotopic (exact) mass is 253 g/mol. The molecule has 0 aliphatic carbocycles. The first kappa shape index (κ1) is 11.7. The molecule has 0 amide bonds. The Balaban J connectivity index is 2.27. The third-order valence-electron chi connectivity index (χ3n) is 2.51. The SMILES string of the molecule is Nc1nc2cc(Cl)ccc2n1CCCC(=O)O. The molecule has 90 valence electrons. The molecule has 1 aromatic heterocycles. The number of fused-ring (bicyclic) bond motifs is 1. The number of carboxylic acids is 1. The lowest BCUT2D eigenvalue weighted by Crippen LogP contribution is -2.05. The van der Waals surface area contributed by atoms with Gasteiger partial charge in [0.1, 0.15) is 0 Å². The Morgan fingerprint density at radius 1 is 1.53 bits per heavy atom. The highest BCUT2D eigenvalue weighted by molar-refractivity contribution is 6.31. The van der Waals surface area contributed by atoms with Crippen LogP contribution in [0.5, 0.6) is 0 Å². The summed E-state index contributed by atoms with van der Waals surface area (Å²) in [4.78, 5) is 14.6. The number of benzene rings is 1. The summed E-state index contributed by atoms with van der Waals surface area (Å²) >= 11 is 5.86. The minimum atomic E-state index is -0.809. The number of anilines is 1. The van der Waals surface area contributed by atoms with E-state index in [1.54, 1.807) is 16.7 Å². The van der Waals surface area contributed by atoms with Crippen molar-refractivity contribution in [2.75, 3.05) is 5.73 Å². The van der Waals surface area contributed by atoms with Gasteiger partial charge in [-0.15, -0.1) is 0 Å². The minimum absolute atomic E-state index is 0.118. The van der Waals surface area contributed by atoms with Gasteiger partial charge < -0.3 is 15.4 Å². The maximum absolute atomic E-state index is 10.4. The molecule has 0 aliphatic heterocycles. The first-order valence-electron chi connectivity index (χ1n) is 5.21. The van der Waals surface area contributed by atoms with Crippen LogP contribution in [-0.4, -0.2) is 20.6 Å². The van der Waals surface area contributed by atoms with Gasteiger partial charge in [0.15, 0.2) is 0 Å². The third kappa shape index (κ3) is 2.50. The van der Waals surface area contributed by atoms with Gasteiger partial charge in [0.25, 0.3) is 0 Å². The van der Waals surface area contributed by atoms with Crippen LogP contribution in [0.4, 0.5) is 5.95 Å². The fourth-order valence-corrected chi connectivity index (χ4v) is 1.91. The number of hydrogen-bond acceptors (Lipinski definition) is 3. The van der Waals surface area contributed by atoms with E-state index in [0.717, 1.165) is 11.0 Å². The smallest absolute Gasteiger partial charge is 0.303 e. The van der Waals surface area contributed by atoms with Crippen molar-refractivity contribution in [2.24, 2.45) is 0 Å². The van der Waals surface area contributed by atoms with Crippen LogP contribution in [0.3, 0.4) is 0 Å². The summed E-state index contributed by atoms with van der Waals surface area (Å²) in [5.41, 5.74) is 7.38. The van der Waals surface area contributed by atoms with Crippen molar-refractivity contribution in [2.45, 2.75) is 19.4 Å². The Morgan fingerprint density at radius 3 is 3.00 bits per heavy atom. The molecule has 0 unspecified atom stereocenters. The van der Waals surface area contributed by atoms with Gasteiger partial charge in [-0.2, -0.15) is 0 Å². The molecule has 0 radical (unpaired) electrons. The lowest BCUT2D eigenvalue weighted by atomic mass is 10.3. The van der Waals surface area contributed by atoms with Gasteiger partial charge in [-0.3, -0.25) is 4.79 Å². The van der Waals surface area contributed by atoms with E-state index in [1.165, 1.54) is 0 Å². The Kier molecular flexibility index (Phi) is 3.19. The molecule has 0 saturated heterocycles. The van der Waals surface area contributed by atoms with Crippen LogP contribution >= 0.6 is 11.6 Å². The van der Waals surface area contributed by atoms with Crippen molar-refractivity contribution in [3.05, 3.63) is 23.2 Å². The molecule has 0 aliphatic rings. The highest BCUT2D eigenvalue weighted by Crippen LogP contribution is 2.22. The summed E-state index contributed by atoms with van der Waals surface area (Å²) in [7, 11) is 0. The lowest BCUT2D eigenvalue weighted by molar-refractivity contribution is -0.137. The van der Waals surface area contributed by atoms with Gasteiger partial charge in [0.2, 0.25) is 5.95 Å². The van der Waals surface area contributed by atoms with E-state index in [-0.39, 0.29) is 6.42 Å². The molecule has 1 aromatic carbocycles. The number of nitrogens with zero attached hydrogens (tertiary/aromatic N) is 2.